The molecule has 0 fully saturated rings. The predicted molar refractivity (Wildman–Crippen MR) is 63.5 cm³/mol. The standard InChI is InChI=1S/C10H7ClIN/c11-9-3-1-2-4-10(9)13-6-5-8(12)7-13/h1-7H. The van der Waals surface area contributed by atoms with Crippen LogP contribution in [0, 0.1) is 3.57 Å². The summed E-state index contributed by atoms with van der Waals surface area (Å²) in [6, 6.07) is 9.85. The fraction of sp³-hybridized carbons (Fsp3) is 0. The fourth-order valence-corrected chi connectivity index (χ4v) is 1.88. The summed E-state index contributed by atoms with van der Waals surface area (Å²) in [5.41, 5.74) is 1.02. The van der Waals surface area contributed by atoms with Gasteiger partial charge in [0, 0.05) is 16.0 Å². The van der Waals surface area contributed by atoms with E-state index in [9.17, 15) is 0 Å². The van der Waals surface area contributed by atoms with Crippen molar-refractivity contribution in [1.29, 1.82) is 0 Å². The molecule has 0 aliphatic carbocycles. The van der Waals surface area contributed by atoms with Gasteiger partial charge in [-0.15, -0.1) is 0 Å². The van der Waals surface area contributed by atoms with Crippen LogP contribution < -0.4 is 0 Å². The van der Waals surface area contributed by atoms with Crippen molar-refractivity contribution in [1.82, 2.24) is 4.57 Å². The van der Waals surface area contributed by atoms with Crippen LogP contribution in [0.2, 0.25) is 5.02 Å². The Morgan fingerprint density at radius 1 is 1.15 bits per heavy atom. The SMILES string of the molecule is Clc1ccccc1-n1ccc(I)c1. The van der Waals surface area contributed by atoms with E-state index in [4.69, 9.17) is 11.6 Å². The molecule has 0 atom stereocenters. The second kappa shape index (κ2) is 3.72. The molecule has 0 amide bonds. The van der Waals surface area contributed by atoms with E-state index >= 15 is 0 Å². The Morgan fingerprint density at radius 3 is 2.54 bits per heavy atom. The van der Waals surface area contributed by atoms with Crippen molar-refractivity contribution in [2.45, 2.75) is 0 Å². The lowest BCUT2D eigenvalue weighted by Crippen LogP contribution is -1.89. The largest absolute Gasteiger partial charge is 0.321 e. The van der Waals surface area contributed by atoms with Gasteiger partial charge in [0.15, 0.2) is 0 Å². The normalized spacial score (nSPS) is 10.3. The van der Waals surface area contributed by atoms with Gasteiger partial charge >= 0.3 is 0 Å². The number of hydrogen-bond acceptors (Lipinski definition) is 0. The van der Waals surface area contributed by atoms with E-state index < -0.39 is 0 Å². The third-order valence-electron chi connectivity index (χ3n) is 1.79. The average molecular weight is 304 g/mol. The topological polar surface area (TPSA) is 4.93 Å². The average Bonchev–Trinajstić information content (AvgIpc) is 2.53. The maximum atomic E-state index is 6.04. The van der Waals surface area contributed by atoms with E-state index in [-0.39, 0.29) is 0 Å². The third-order valence-corrected chi connectivity index (χ3v) is 2.75. The molecule has 0 aliphatic rings. The van der Waals surface area contributed by atoms with Crippen molar-refractivity contribution in [3.63, 3.8) is 0 Å². The number of benzene rings is 1. The van der Waals surface area contributed by atoms with Crippen molar-refractivity contribution in [2.75, 3.05) is 0 Å². The van der Waals surface area contributed by atoms with Crippen LogP contribution in [-0.4, -0.2) is 4.57 Å². The summed E-state index contributed by atoms with van der Waals surface area (Å²) in [7, 11) is 0. The van der Waals surface area contributed by atoms with Crippen LogP contribution in [0.5, 0.6) is 0 Å². The van der Waals surface area contributed by atoms with Crippen LogP contribution in [-0.2, 0) is 0 Å². The highest BCUT2D eigenvalue weighted by molar-refractivity contribution is 14.1. The van der Waals surface area contributed by atoms with Crippen LogP contribution in [0.25, 0.3) is 5.69 Å². The monoisotopic (exact) mass is 303 g/mol. The van der Waals surface area contributed by atoms with Gasteiger partial charge in [-0.25, -0.2) is 0 Å². The Labute approximate surface area is 95.5 Å². The van der Waals surface area contributed by atoms with Crippen molar-refractivity contribution < 1.29 is 0 Å². The summed E-state index contributed by atoms with van der Waals surface area (Å²) < 4.78 is 3.22. The van der Waals surface area contributed by atoms with E-state index in [1.54, 1.807) is 0 Å². The molecule has 0 radical (unpaired) electrons. The van der Waals surface area contributed by atoms with E-state index in [0.717, 1.165) is 10.7 Å². The molecule has 1 aromatic carbocycles. The number of aromatic nitrogens is 1. The summed E-state index contributed by atoms with van der Waals surface area (Å²) >= 11 is 8.32. The molecule has 0 saturated carbocycles. The Bertz CT molecular complexity index is 422. The number of para-hydroxylation sites is 1. The molecule has 0 unspecified atom stereocenters. The highest BCUT2D eigenvalue weighted by Gasteiger charge is 2.00. The van der Waals surface area contributed by atoms with Crippen molar-refractivity contribution in [3.05, 3.63) is 51.3 Å². The predicted octanol–water partition coefficient (Wildman–Crippen LogP) is 3.74. The lowest BCUT2D eigenvalue weighted by molar-refractivity contribution is 1.08. The van der Waals surface area contributed by atoms with Gasteiger partial charge in [0.1, 0.15) is 0 Å². The minimum Gasteiger partial charge on any atom is -0.321 e. The van der Waals surface area contributed by atoms with Crippen LogP contribution in [0.3, 0.4) is 0 Å². The smallest absolute Gasteiger partial charge is 0.0646 e. The maximum Gasteiger partial charge on any atom is 0.0646 e. The van der Waals surface area contributed by atoms with Gasteiger partial charge in [-0.1, -0.05) is 23.7 Å². The second-order valence-corrected chi connectivity index (χ2v) is 4.34. The van der Waals surface area contributed by atoms with Crippen molar-refractivity contribution in [2.24, 2.45) is 0 Å². The van der Waals surface area contributed by atoms with Gasteiger partial charge in [-0.05, 0) is 40.8 Å². The summed E-state index contributed by atoms with van der Waals surface area (Å²) in [5, 5.41) is 0.773. The molecule has 1 aromatic heterocycles. The Morgan fingerprint density at radius 2 is 1.92 bits per heavy atom. The fourth-order valence-electron chi connectivity index (χ4n) is 1.18. The number of hydrogen-bond donors (Lipinski definition) is 0. The van der Waals surface area contributed by atoms with Gasteiger partial charge in [-0.3, -0.25) is 0 Å². The van der Waals surface area contributed by atoms with E-state index in [2.05, 4.69) is 22.6 Å². The number of rotatable bonds is 1. The summed E-state index contributed by atoms with van der Waals surface area (Å²) in [5.74, 6) is 0. The zero-order chi connectivity index (χ0) is 9.26. The van der Waals surface area contributed by atoms with Gasteiger partial charge < -0.3 is 4.57 Å². The van der Waals surface area contributed by atoms with E-state index in [0.29, 0.717) is 0 Å². The molecule has 0 N–H and O–H groups in total. The minimum atomic E-state index is 0.773. The minimum absolute atomic E-state index is 0.773. The second-order valence-electron chi connectivity index (χ2n) is 2.69. The Kier molecular flexibility index (Phi) is 2.60. The molecule has 0 bridgehead atoms. The van der Waals surface area contributed by atoms with Crippen LogP contribution in [0.4, 0.5) is 0 Å². The van der Waals surface area contributed by atoms with E-state index in [1.165, 1.54) is 3.57 Å². The first kappa shape index (κ1) is 9.09. The zero-order valence-electron chi connectivity index (χ0n) is 6.74. The molecule has 2 aromatic rings. The van der Waals surface area contributed by atoms with Crippen LogP contribution in [0.15, 0.2) is 42.7 Å². The molecule has 66 valence electrons. The molecule has 0 saturated heterocycles. The molecule has 13 heavy (non-hydrogen) atoms. The quantitative estimate of drug-likeness (QED) is 0.707. The molecule has 0 spiro atoms. The number of halogens is 2. The van der Waals surface area contributed by atoms with Crippen molar-refractivity contribution >= 4 is 34.2 Å². The molecular weight excluding hydrogens is 296 g/mol. The summed E-state index contributed by atoms with van der Waals surface area (Å²) in [4.78, 5) is 0. The third kappa shape index (κ3) is 1.89. The Balaban J connectivity index is 2.52. The van der Waals surface area contributed by atoms with Gasteiger partial charge in [0.25, 0.3) is 0 Å². The highest BCUT2D eigenvalue weighted by atomic mass is 127. The lowest BCUT2D eigenvalue weighted by atomic mass is 10.3. The summed E-state index contributed by atoms with van der Waals surface area (Å²) in [6.07, 6.45) is 4.05. The first-order valence-electron chi connectivity index (χ1n) is 3.86. The summed E-state index contributed by atoms with van der Waals surface area (Å²) in [6.45, 7) is 0. The van der Waals surface area contributed by atoms with E-state index in [1.807, 2.05) is 47.3 Å². The molecule has 1 heterocycles. The van der Waals surface area contributed by atoms with Crippen LogP contribution in [0.1, 0.15) is 0 Å². The van der Waals surface area contributed by atoms with Crippen molar-refractivity contribution in [3.8, 4) is 5.69 Å². The number of nitrogens with zero attached hydrogens (tertiary/aromatic N) is 1. The molecular formula is C10H7ClIN. The first-order valence-corrected chi connectivity index (χ1v) is 5.31. The zero-order valence-corrected chi connectivity index (χ0v) is 9.66. The Hall–Kier alpha value is -0.480. The van der Waals surface area contributed by atoms with Crippen LogP contribution >= 0.6 is 34.2 Å². The maximum absolute atomic E-state index is 6.04. The first-order chi connectivity index (χ1) is 6.27. The van der Waals surface area contributed by atoms with Gasteiger partial charge in [0.2, 0.25) is 0 Å². The van der Waals surface area contributed by atoms with Gasteiger partial charge in [0.05, 0.1) is 10.7 Å². The molecule has 3 heteroatoms. The van der Waals surface area contributed by atoms with Gasteiger partial charge in [-0.2, -0.15) is 0 Å². The molecule has 1 nitrogen and oxygen atoms in total. The lowest BCUT2D eigenvalue weighted by Gasteiger charge is -2.03. The molecule has 0 aliphatic heterocycles. The highest BCUT2D eigenvalue weighted by Crippen LogP contribution is 2.20. The molecule has 2 rings (SSSR count).